The SMILES string of the molecule is CN(C)C(=O)C(OC=O)C1CC(O)CC(CO)O1. The molecule has 0 aromatic rings. The zero-order chi connectivity index (χ0) is 13.7. The second kappa shape index (κ2) is 6.67. The van der Waals surface area contributed by atoms with Crippen molar-refractivity contribution < 1.29 is 29.3 Å². The van der Waals surface area contributed by atoms with Crippen molar-refractivity contribution in [1.82, 2.24) is 4.90 Å². The highest BCUT2D eigenvalue weighted by Gasteiger charge is 2.38. The number of nitrogens with zero attached hydrogens (tertiary/aromatic N) is 1. The van der Waals surface area contributed by atoms with Gasteiger partial charge in [0.15, 0.2) is 0 Å². The minimum atomic E-state index is -1.10. The van der Waals surface area contributed by atoms with Gasteiger partial charge in [-0.2, -0.15) is 0 Å². The number of carbonyl (C=O) groups is 2. The molecule has 1 fully saturated rings. The summed E-state index contributed by atoms with van der Waals surface area (Å²) in [5, 5.41) is 18.7. The largest absolute Gasteiger partial charge is 0.452 e. The number of carbonyl (C=O) groups excluding carboxylic acids is 2. The quantitative estimate of drug-likeness (QED) is 0.586. The number of amides is 1. The molecule has 7 nitrogen and oxygen atoms in total. The highest BCUT2D eigenvalue weighted by atomic mass is 16.6. The van der Waals surface area contributed by atoms with Crippen LogP contribution in [0.5, 0.6) is 0 Å². The first kappa shape index (κ1) is 14.9. The first-order valence-corrected chi connectivity index (χ1v) is 5.74. The summed E-state index contributed by atoms with van der Waals surface area (Å²) in [6, 6.07) is 0. The third-order valence-corrected chi connectivity index (χ3v) is 2.83. The van der Waals surface area contributed by atoms with Gasteiger partial charge < -0.3 is 24.6 Å². The molecule has 0 aromatic heterocycles. The molecule has 18 heavy (non-hydrogen) atoms. The summed E-state index contributed by atoms with van der Waals surface area (Å²) in [5.41, 5.74) is 0. The van der Waals surface area contributed by atoms with Gasteiger partial charge in [0.25, 0.3) is 12.4 Å². The molecule has 1 aliphatic rings. The molecule has 104 valence electrons. The molecule has 2 N–H and O–H groups in total. The lowest BCUT2D eigenvalue weighted by atomic mass is 9.97. The van der Waals surface area contributed by atoms with E-state index in [2.05, 4.69) is 0 Å². The number of likely N-dealkylation sites (N-methyl/N-ethyl adjacent to an activating group) is 1. The molecule has 4 unspecified atom stereocenters. The third-order valence-electron chi connectivity index (χ3n) is 2.83. The first-order chi connectivity index (χ1) is 8.49. The summed E-state index contributed by atoms with van der Waals surface area (Å²) in [7, 11) is 3.07. The van der Waals surface area contributed by atoms with Crippen molar-refractivity contribution in [3.63, 3.8) is 0 Å². The van der Waals surface area contributed by atoms with Crippen LogP contribution < -0.4 is 0 Å². The van der Waals surface area contributed by atoms with Crippen LogP contribution in [0.1, 0.15) is 12.8 Å². The van der Waals surface area contributed by atoms with Gasteiger partial charge >= 0.3 is 0 Å². The summed E-state index contributed by atoms with van der Waals surface area (Å²) >= 11 is 0. The van der Waals surface area contributed by atoms with Crippen LogP contribution in [0, 0.1) is 0 Å². The number of rotatable bonds is 5. The maximum absolute atomic E-state index is 11.9. The topological polar surface area (TPSA) is 96.3 Å². The number of hydrogen-bond donors (Lipinski definition) is 2. The Hall–Kier alpha value is -1.18. The van der Waals surface area contributed by atoms with E-state index in [1.54, 1.807) is 0 Å². The molecule has 0 saturated carbocycles. The minimum Gasteiger partial charge on any atom is -0.452 e. The Labute approximate surface area is 105 Å². The van der Waals surface area contributed by atoms with E-state index >= 15 is 0 Å². The molecule has 1 heterocycles. The van der Waals surface area contributed by atoms with Crippen LogP contribution in [0.4, 0.5) is 0 Å². The predicted octanol–water partition coefficient (Wildman–Crippen LogP) is -1.48. The minimum absolute atomic E-state index is 0.185. The van der Waals surface area contributed by atoms with Crippen LogP contribution in [0.3, 0.4) is 0 Å². The fraction of sp³-hybridized carbons (Fsp3) is 0.818. The predicted molar refractivity (Wildman–Crippen MR) is 60.6 cm³/mol. The number of ether oxygens (including phenoxy) is 2. The van der Waals surface area contributed by atoms with Crippen molar-refractivity contribution in [2.24, 2.45) is 0 Å². The third kappa shape index (κ3) is 3.66. The first-order valence-electron chi connectivity index (χ1n) is 5.74. The maximum Gasteiger partial charge on any atom is 0.293 e. The van der Waals surface area contributed by atoms with Crippen molar-refractivity contribution in [3.8, 4) is 0 Å². The van der Waals surface area contributed by atoms with Crippen molar-refractivity contribution in [2.75, 3.05) is 20.7 Å². The van der Waals surface area contributed by atoms with Crippen molar-refractivity contribution in [2.45, 2.75) is 37.3 Å². The lowest BCUT2D eigenvalue weighted by Gasteiger charge is -2.35. The van der Waals surface area contributed by atoms with Gasteiger partial charge in [0.2, 0.25) is 6.10 Å². The van der Waals surface area contributed by atoms with E-state index < -0.39 is 30.3 Å². The van der Waals surface area contributed by atoms with Crippen LogP contribution >= 0.6 is 0 Å². The smallest absolute Gasteiger partial charge is 0.293 e. The van der Waals surface area contributed by atoms with E-state index in [-0.39, 0.29) is 19.5 Å². The van der Waals surface area contributed by atoms with Crippen LogP contribution in [-0.4, -0.2) is 72.6 Å². The van der Waals surface area contributed by atoms with E-state index in [4.69, 9.17) is 14.6 Å². The summed E-state index contributed by atoms with van der Waals surface area (Å²) in [5.74, 6) is -0.419. The summed E-state index contributed by atoms with van der Waals surface area (Å²) in [4.78, 5) is 23.6. The van der Waals surface area contributed by atoms with E-state index in [0.29, 0.717) is 6.42 Å². The normalized spacial score (nSPS) is 29.4. The average molecular weight is 261 g/mol. The molecule has 0 aromatic carbocycles. The van der Waals surface area contributed by atoms with E-state index in [0.717, 1.165) is 0 Å². The summed E-state index contributed by atoms with van der Waals surface area (Å²) < 4.78 is 10.2. The Morgan fingerprint density at radius 3 is 2.72 bits per heavy atom. The Morgan fingerprint density at radius 2 is 2.22 bits per heavy atom. The van der Waals surface area contributed by atoms with Gasteiger partial charge in [0.1, 0.15) is 6.10 Å². The zero-order valence-electron chi connectivity index (χ0n) is 10.5. The maximum atomic E-state index is 11.9. The number of aliphatic hydroxyl groups is 2. The molecule has 0 radical (unpaired) electrons. The second-order valence-corrected chi connectivity index (χ2v) is 4.49. The van der Waals surface area contributed by atoms with Gasteiger partial charge in [-0.05, 0) is 0 Å². The molecular formula is C11H19NO6. The van der Waals surface area contributed by atoms with Crippen LogP contribution in [0.25, 0.3) is 0 Å². The van der Waals surface area contributed by atoms with Crippen LogP contribution in [0.2, 0.25) is 0 Å². The monoisotopic (exact) mass is 261 g/mol. The van der Waals surface area contributed by atoms with Crippen molar-refractivity contribution >= 4 is 12.4 Å². The molecule has 1 amide bonds. The van der Waals surface area contributed by atoms with Gasteiger partial charge in [-0.1, -0.05) is 0 Å². The standard InChI is InChI=1S/C11H19NO6/c1-12(2)11(16)10(17-6-14)9-4-7(15)3-8(5-13)18-9/h6-10,13,15H,3-5H2,1-2H3. The van der Waals surface area contributed by atoms with E-state index in [9.17, 15) is 14.7 Å². The highest BCUT2D eigenvalue weighted by Crippen LogP contribution is 2.23. The number of aliphatic hydroxyl groups excluding tert-OH is 2. The van der Waals surface area contributed by atoms with Crippen molar-refractivity contribution in [3.05, 3.63) is 0 Å². The summed E-state index contributed by atoms with van der Waals surface area (Å²) in [6.07, 6.45) is -2.58. The zero-order valence-corrected chi connectivity index (χ0v) is 10.5. The molecule has 1 saturated heterocycles. The molecule has 0 aliphatic carbocycles. The fourth-order valence-electron chi connectivity index (χ4n) is 1.96. The Bertz CT molecular complexity index is 295. The lowest BCUT2D eigenvalue weighted by Crippen LogP contribution is -2.50. The van der Waals surface area contributed by atoms with Crippen LogP contribution in [0.15, 0.2) is 0 Å². The Balaban J connectivity index is 2.77. The van der Waals surface area contributed by atoms with Gasteiger partial charge in [0.05, 0.1) is 18.8 Å². The fourth-order valence-corrected chi connectivity index (χ4v) is 1.96. The Kier molecular flexibility index (Phi) is 5.52. The van der Waals surface area contributed by atoms with Gasteiger partial charge in [-0.3, -0.25) is 9.59 Å². The van der Waals surface area contributed by atoms with Gasteiger partial charge in [-0.25, -0.2) is 0 Å². The molecule has 1 aliphatic heterocycles. The highest BCUT2D eigenvalue weighted by molar-refractivity contribution is 5.82. The van der Waals surface area contributed by atoms with Crippen LogP contribution in [-0.2, 0) is 19.1 Å². The van der Waals surface area contributed by atoms with E-state index in [1.165, 1.54) is 19.0 Å². The summed E-state index contributed by atoms with van der Waals surface area (Å²) in [6.45, 7) is -0.0676. The lowest BCUT2D eigenvalue weighted by molar-refractivity contribution is -0.179. The molecule has 0 bridgehead atoms. The van der Waals surface area contributed by atoms with Crippen molar-refractivity contribution in [1.29, 1.82) is 0 Å². The van der Waals surface area contributed by atoms with Gasteiger partial charge in [0, 0.05) is 26.9 Å². The average Bonchev–Trinajstić information content (AvgIpc) is 2.34. The molecule has 4 atom stereocenters. The Morgan fingerprint density at radius 1 is 1.56 bits per heavy atom. The number of hydrogen-bond acceptors (Lipinski definition) is 6. The molecule has 1 rings (SSSR count). The van der Waals surface area contributed by atoms with Gasteiger partial charge in [-0.15, -0.1) is 0 Å². The molecule has 7 heteroatoms. The molecular weight excluding hydrogens is 242 g/mol. The molecule has 0 spiro atoms. The second-order valence-electron chi connectivity index (χ2n) is 4.49. The van der Waals surface area contributed by atoms with E-state index in [1.807, 2.05) is 0 Å².